The van der Waals surface area contributed by atoms with E-state index in [2.05, 4.69) is 91.5 Å². The summed E-state index contributed by atoms with van der Waals surface area (Å²) in [5, 5.41) is 6.05. The molecule has 1 aliphatic rings. The lowest BCUT2D eigenvalue weighted by atomic mass is 9.93. The number of rotatable bonds is 19. The average Bonchev–Trinajstić information content (AvgIpc) is 3.30. The van der Waals surface area contributed by atoms with Crippen LogP contribution in [-0.4, -0.2) is 56.2 Å². The summed E-state index contributed by atoms with van der Waals surface area (Å²) in [6.45, 7) is 8.86. The molecule has 6 rings (SSSR count). The number of hydroxylamine groups is 2. The Kier molecular flexibility index (Phi) is 58.6. The number of carbonyl (C=O) groups excluding carboxylic acids is 4. The highest BCUT2D eigenvalue weighted by molar-refractivity contribution is 8.59. The minimum atomic E-state index is -3.05. The summed E-state index contributed by atoms with van der Waals surface area (Å²) in [5.74, 6) is 10.4. The number of nitrogens with zero attached hydrogens (tertiary/aromatic N) is 1. The number of benzene rings is 5. The van der Waals surface area contributed by atoms with Crippen molar-refractivity contribution in [3.8, 4) is 36.5 Å². The summed E-state index contributed by atoms with van der Waals surface area (Å²) >= 11 is 41.8. The number of carbonyl (C=O) groups is 4. The number of halogens is 4. The van der Waals surface area contributed by atoms with Crippen LogP contribution in [-0.2, 0) is 141 Å². The molecule has 9 nitrogen and oxygen atoms in total. The van der Waals surface area contributed by atoms with E-state index in [-0.39, 0.29) is 31.1 Å². The van der Waals surface area contributed by atoms with Crippen LogP contribution >= 0.6 is 54.0 Å². The molecule has 23 heteroatoms. The van der Waals surface area contributed by atoms with Crippen molar-refractivity contribution < 1.29 is 37.6 Å². The molecule has 88 heavy (non-hydrogen) atoms. The molecule has 5 aromatic carbocycles. The zero-order chi connectivity index (χ0) is 65.7. The van der Waals surface area contributed by atoms with E-state index in [4.69, 9.17) is 68.3 Å². The zero-order valence-corrected chi connectivity index (χ0v) is 61.0. The van der Waals surface area contributed by atoms with E-state index in [9.17, 15) is 23.7 Å². The van der Waals surface area contributed by atoms with Crippen molar-refractivity contribution in [1.82, 2.24) is 5.06 Å². The molecule has 0 spiro atoms. The van der Waals surface area contributed by atoms with Gasteiger partial charge >= 0.3 is 7.60 Å². The first kappa shape index (κ1) is 88.4. The average molecular weight is 1460 g/mol. The third-order valence-electron chi connectivity index (χ3n) is 11.0. The van der Waals surface area contributed by atoms with Crippen molar-refractivity contribution in [1.29, 1.82) is 0 Å². The van der Waals surface area contributed by atoms with E-state index in [0.717, 1.165) is 130 Å². The van der Waals surface area contributed by atoms with E-state index >= 15 is 0 Å². The van der Waals surface area contributed by atoms with Crippen LogP contribution in [0.4, 0.5) is 0 Å². The van der Waals surface area contributed by atoms with Gasteiger partial charge < -0.3 is 13.8 Å². The minimum absolute atomic E-state index is 0. The maximum Gasteiger partial charge on any atom is 0.335 e. The van der Waals surface area contributed by atoms with Crippen LogP contribution in [0.15, 0.2) is 109 Å². The van der Waals surface area contributed by atoms with Gasteiger partial charge in [-0.25, -0.2) is 5.06 Å². The molecule has 478 valence electrons. The van der Waals surface area contributed by atoms with Gasteiger partial charge in [-0.15, -0.1) is 24.7 Å². The molecule has 0 aliphatic heterocycles. The van der Waals surface area contributed by atoms with Gasteiger partial charge in [-0.2, -0.15) is 0 Å². The lowest BCUT2D eigenvalue weighted by molar-refractivity contribution is -0.165. The smallest absolute Gasteiger partial charge is 0.309 e. The molecule has 0 aromatic heterocycles. The molecule has 0 atom stereocenters. The standard InChI is InChI=1S/C15H13ClO.C15H15ClO.C13H13Cl.C11H16ClO3P.C6H8O.C4H9NO2.CH4.S5.S4/c1-9(17)15-11-5-2-4-10(11)8-13-12(15)6-3-7-14(13)16;1-13(17)9-5-3-2-4-6-10-14-11-7-8-12-15(14)16;1-2-3-4-5-6-9-12-10-7-8-11-13(12)14;1-3-14-16(13,15-4-2)9-10-7-5-6-8-11(10)12;1-2-3-4-5-6-7;1-4(6)5(2)7-3;;1-3-5-4-2;1-3-4-2/h3,6-8H,2,4-5H2,1H3;6-8,10-12H,2-4H2,1H3;1,6-11H,3-5H2;5-8H,3-4,9H2,1-2H3;1,6H,3-5H2;1-3H3;1H4;;/b;10-6+;9-6+;;;;;;. The highest BCUT2D eigenvalue weighted by atomic mass is 35.5. The van der Waals surface area contributed by atoms with Crippen molar-refractivity contribution in [2.75, 3.05) is 27.4 Å². The first-order valence-corrected chi connectivity index (χ1v) is 39.4. The molecular formula is C65H78Cl4NO8PS9. The van der Waals surface area contributed by atoms with E-state index in [1.807, 2.05) is 97.1 Å². The molecule has 5 aromatic rings. The fraction of sp³-hybridized carbons (Fsp3) is 0.354. The second kappa shape index (κ2) is 58.3. The molecule has 1 aliphatic carbocycles. The van der Waals surface area contributed by atoms with Crippen molar-refractivity contribution in [3.05, 3.63) is 163 Å². The summed E-state index contributed by atoms with van der Waals surface area (Å²) in [6, 6.07) is 30.8. The molecule has 0 fully saturated rings. The lowest BCUT2D eigenvalue weighted by Crippen LogP contribution is -2.21. The summed E-state index contributed by atoms with van der Waals surface area (Å²) in [4.78, 5) is 46.7. The summed E-state index contributed by atoms with van der Waals surface area (Å²) < 4.78 is 22.6. The highest BCUT2D eigenvalue weighted by Gasteiger charge is 2.25. The fourth-order valence-electron chi connectivity index (χ4n) is 7.10. The number of Topliss-reactive ketones (excluding diaryl/α,β-unsaturated/α-hetero) is 2. The second-order valence-electron chi connectivity index (χ2n) is 17.3. The largest absolute Gasteiger partial charge is 0.335 e. The quantitative estimate of drug-likeness (QED) is 0.0149. The number of aldehydes is 1. The maximum absolute atomic E-state index is 12.2. The van der Waals surface area contributed by atoms with Crippen molar-refractivity contribution >= 4 is 190 Å². The summed E-state index contributed by atoms with van der Waals surface area (Å²) in [6.07, 6.45) is 30.3. The van der Waals surface area contributed by atoms with Gasteiger partial charge in [0.15, 0.2) is 5.78 Å². The number of allylic oxidation sites excluding steroid dienone is 2. The van der Waals surface area contributed by atoms with Crippen LogP contribution in [0.3, 0.4) is 0 Å². The second-order valence-corrected chi connectivity index (χ2v) is 29.9. The predicted molar refractivity (Wildman–Crippen MR) is 400 cm³/mol. The summed E-state index contributed by atoms with van der Waals surface area (Å²) in [5.41, 5.74) is 6.31. The topological polar surface area (TPSA) is 116 Å². The van der Waals surface area contributed by atoms with E-state index in [1.54, 1.807) is 33.9 Å². The van der Waals surface area contributed by atoms with Gasteiger partial charge in [-0.05, 0) is 142 Å². The van der Waals surface area contributed by atoms with Gasteiger partial charge in [0.25, 0.3) is 0 Å². The van der Waals surface area contributed by atoms with Crippen molar-refractivity contribution in [2.24, 2.45) is 0 Å². The van der Waals surface area contributed by atoms with Gasteiger partial charge in [0.2, 0.25) is 11.7 Å². The number of hydrogen-bond acceptors (Lipinski definition) is 12. The van der Waals surface area contributed by atoms with Gasteiger partial charge in [-0.1, -0.05) is 151 Å². The van der Waals surface area contributed by atoms with Gasteiger partial charge in [-0.3, -0.25) is 23.8 Å². The third kappa shape index (κ3) is 43.1. The molecule has 0 bridgehead atoms. The molecule has 0 radical (unpaired) electrons. The van der Waals surface area contributed by atoms with E-state index in [0.29, 0.717) is 24.7 Å². The number of terminal acetylenes is 2. The van der Waals surface area contributed by atoms with Crippen LogP contribution in [0.5, 0.6) is 0 Å². The van der Waals surface area contributed by atoms with Crippen LogP contribution in [0.25, 0.3) is 22.9 Å². The van der Waals surface area contributed by atoms with Crippen LogP contribution < -0.4 is 0 Å². The highest BCUT2D eigenvalue weighted by Crippen LogP contribution is 2.52. The summed E-state index contributed by atoms with van der Waals surface area (Å²) in [7, 11) is 6.24. The molecule has 0 saturated heterocycles. The van der Waals surface area contributed by atoms with Gasteiger partial charge in [0, 0.05) is 167 Å². The maximum atomic E-state index is 12.2. The SMILES string of the molecule is C.C#CCCC/C=C/c1ccccc1Cl.C#CCCCC=O.CC(=O)C#CCCC/C=C/c1ccccc1Cl.CC(=O)c1c2c(cc3c(Cl)cccc13)CCC2.CCOP(=O)(Cc1ccccc1Cl)OCC.CON(C)C(C)=O.S=S=S=S.S=S=S=S=S. The predicted octanol–water partition coefficient (Wildman–Crippen LogP) is 18.2. The Morgan fingerprint density at radius 2 is 1.16 bits per heavy atom. The van der Waals surface area contributed by atoms with Crippen molar-refractivity contribution in [2.45, 2.75) is 125 Å². The first-order chi connectivity index (χ1) is 41.8. The zero-order valence-electron chi connectivity index (χ0n) is 49.7. The molecule has 0 unspecified atom stereocenters. The normalized spacial score (nSPS) is 10.2. The van der Waals surface area contributed by atoms with Gasteiger partial charge in [0.05, 0.1) is 26.5 Å². The molecule has 1 amide bonds. The Morgan fingerprint density at radius 3 is 1.57 bits per heavy atom. The number of fused-ring (bicyclic) bond motifs is 2. The van der Waals surface area contributed by atoms with Gasteiger partial charge in [0.1, 0.15) is 6.29 Å². The Labute approximate surface area is 578 Å². The molecule has 0 N–H and O–H groups in total. The molecule has 0 heterocycles. The Morgan fingerprint density at radius 1 is 0.670 bits per heavy atom. The fourth-order valence-corrected chi connectivity index (χ4v) is 12.5. The Bertz CT molecular complexity index is 3370. The Hall–Kier alpha value is -3.75. The van der Waals surface area contributed by atoms with Crippen LogP contribution in [0.1, 0.15) is 144 Å². The van der Waals surface area contributed by atoms with Crippen LogP contribution in [0, 0.1) is 36.5 Å². The monoisotopic (exact) mass is 1460 g/mol. The van der Waals surface area contributed by atoms with E-state index < -0.39 is 7.60 Å². The van der Waals surface area contributed by atoms with Crippen LogP contribution in [0.2, 0.25) is 20.1 Å². The minimum Gasteiger partial charge on any atom is -0.309 e. The number of hydrogen-bond donors (Lipinski definition) is 0. The number of amides is 1. The number of aryl methyl sites for hydroxylation is 1. The lowest BCUT2D eigenvalue weighted by Gasteiger charge is -2.17. The molecular weight excluding hydrogens is 1380 g/mol. The van der Waals surface area contributed by atoms with E-state index in [1.165, 1.54) is 76.5 Å². The number of ketones is 2. The third-order valence-corrected chi connectivity index (χ3v) is 21.1. The van der Waals surface area contributed by atoms with Crippen molar-refractivity contribution in [3.63, 3.8) is 0 Å². The number of unbranched alkanes of at least 4 members (excludes halogenated alkanes) is 6. The first-order valence-electron chi connectivity index (χ1n) is 26.9. The molecule has 0 saturated carbocycles. The Balaban J connectivity index is -0.000000978.